The van der Waals surface area contributed by atoms with Gasteiger partial charge in [0.15, 0.2) is 0 Å². The molecule has 0 spiro atoms. The van der Waals surface area contributed by atoms with E-state index in [0.29, 0.717) is 17.8 Å². The standard InChI is InChI=1S/C16H18FN3O/c1-11(12-3-5-14(17)6-4-12)20(2)16(21)13-7-8-19-15(9-13)10-18/h3-9,11H,10,18H2,1-2H3. The first-order valence-corrected chi connectivity index (χ1v) is 6.70. The van der Waals surface area contributed by atoms with Gasteiger partial charge in [0.05, 0.1) is 11.7 Å². The van der Waals surface area contributed by atoms with Gasteiger partial charge in [-0.05, 0) is 36.8 Å². The van der Waals surface area contributed by atoms with Crippen molar-refractivity contribution < 1.29 is 9.18 Å². The summed E-state index contributed by atoms with van der Waals surface area (Å²) in [6.45, 7) is 2.19. The van der Waals surface area contributed by atoms with E-state index in [0.717, 1.165) is 5.56 Å². The van der Waals surface area contributed by atoms with Crippen molar-refractivity contribution in [3.63, 3.8) is 0 Å². The first-order chi connectivity index (χ1) is 10.0. The molecule has 0 radical (unpaired) electrons. The fourth-order valence-corrected chi connectivity index (χ4v) is 2.07. The van der Waals surface area contributed by atoms with E-state index in [-0.39, 0.29) is 17.8 Å². The molecule has 0 aliphatic rings. The second-order valence-electron chi connectivity index (χ2n) is 4.88. The number of halogens is 1. The predicted octanol–water partition coefficient (Wildman–Crippen LogP) is 2.51. The van der Waals surface area contributed by atoms with Crippen LogP contribution >= 0.6 is 0 Å². The second kappa shape index (κ2) is 6.45. The zero-order valence-electron chi connectivity index (χ0n) is 12.1. The van der Waals surface area contributed by atoms with E-state index in [2.05, 4.69) is 4.98 Å². The molecular formula is C16H18FN3O. The van der Waals surface area contributed by atoms with Crippen molar-refractivity contribution in [2.75, 3.05) is 7.05 Å². The Bertz CT molecular complexity index is 628. The molecule has 1 heterocycles. The van der Waals surface area contributed by atoms with Gasteiger partial charge in [0.2, 0.25) is 0 Å². The highest BCUT2D eigenvalue weighted by atomic mass is 19.1. The number of nitrogens with zero attached hydrogens (tertiary/aromatic N) is 2. The summed E-state index contributed by atoms with van der Waals surface area (Å²) in [6, 6.07) is 9.34. The lowest BCUT2D eigenvalue weighted by Gasteiger charge is -2.25. The zero-order valence-corrected chi connectivity index (χ0v) is 12.1. The molecule has 0 fully saturated rings. The molecule has 5 heteroatoms. The van der Waals surface area contributed by atoms with Gasteiger partial charge in [0.1, 0.15) is 5.82 Å². The van der Waals surface area contributed by atoms with Crippen LogP contribution in [0.4, 0.5) is 4.39 Å². The van der Waals surface area contributed by atoms with Crippen LogP contribution in [0, 0.1) is 5.82 Å². The van der Waals surface area contributed by atoms with Crippen molar-refractivity contribution in [1.82, 2.24) is 9.88 Å². The maximum absolute atomic E-state index is 13.0. The lowest BCUT2D eigenvalue weighted by atomic mass is 10.1. The quantitative estimate of drug-likeness (QED) is 0.940. The lowest BCUT2D eigenvalue weighted by molar-refractivity contribution is 0.0742. The molecule has 21 heavy (non-hydrogen) atoms. The van der Waals surface area contributed by atoms with Gasteiger partial charge in [0, 0.05) is 25.4 Å². The Morgan fingerprint density at radius 1 is 1.33 bits per heavy atom. The van der Waals surface area contributed by atoms with E-state index in [1.54, 1.807) is 42.4 Å². The molecule has 1 aromatic heterocycles. The molecule has 1 amide bonds. The number of hydrogen-bond donors (Lipinski definition) is 1. The molecule has 0 aliphatic carbocycles. The molecule has 0 saturated heterocycles. The minimum absolute atomic E-state index is 0.121. The average molecular weight is 287 g/mol. The third-order valence-electron chi connectivity index (χ3n) is 3.53. The predicted molar refractivity (Wildman–Crippen MR) is 79.0 cm³/mol. The molecule has 0 saturated carbocycles. The maximum Gasteiger partial charge on any atom is 0.254 e. The molecule has 2 rings (SSSR count). The zero-order chi connectivity index (χ0) is 15.4. The van der Waals surface area contributed by atoms with Crippen molar-refractivity contribution in [1.29, 1.82) is 0 Å². The third-order valence-corrected chi connectivity index (χ3v) is 3.53. The smallest absolute Gasteiger partial charge is 0.254 e. The second-order valence-corrected chi connectivity index (χ2v) is 4.88. The molecule has 2 aromatic rings. The van der Waals surface area contributed by atoms with Crippen molar-refractivity contribution in [3.8, 4) is 0 Å². The summed E-state index contributed by atoms with van der Waals surface area (Å²) in [5, 5.41) is 0. The van der Waals surface area contributed by atoms with Gasteiger partial charge in [-0.3, -0.25) is 9.78 Å². The summed E-state index contributed by atoms with van der Waals surface area (Å²) in [4.78, 5) is 18.2. The summed E-state index contributed by atoms with van der Waals surface area (Å²) < 4.78 is 13.0. The number of benzene rings is 1. The fourth-order valence-electron chi connectivity index (χ4n) is 2.07. The third kappa shape index (κ3) is 3.44. The van der Waals surface area contributed by atoms with Crippen LogP contribution < -0.4 is 5.73 Å². The van der Waals surface area contributed by atoms with Crippen molar-refractivity contribution >= 4 is 5.91 Å². The van der Waals surface area contributed by atoms with E-state index in [1.807, 2.05) is 6.92 Å². The summed E-state index contributed by atoms with van der Waals surface area (Å²) in [5.74, 6) is -0.412. The lowest BCUT2D eigenvalue weighted by Crippen LogP contribution is -2.29. The highest BCUT2D eigenvalue weighted by Gasteiger charge is 2.19. The Labute approximate surface area is 123 Å². The topological polar surface area (TPSA) is 59.2 Å². The van der Waals surface area contributed by atoms with Gasteiger partial charge < -0.3 is 10.6 Å². The first kappa shape index (κ1) is 15.1. The monoisotopic (exact) mass is 287 g/mol. The van der Waals surface area contributed by atoms with Gasteiger partial charge in [0.25, 0.3) is 5.91 Å². The average Bonchev–Trinajstić information content (AvgIpc) is 2.53. The van der Waals surface area contributed by atoms with Gasteiger partial charge in [-0.15, -0.1) is 0 Å². The Morgan fingerprint density at radius 2 is 2.00 bits per heavy atom. The first-order valence-electron chi connectivity index (χ1n) is 6.70. The van der Waals surface area contributed by atoms with Crippen LogP contribution in [0.1, 0.15) is 34.6 Å². The Kier molecular flexibility index (Phi) is 4.65. The Hall–Kier alpha value is -2.27. The van der Waals surface area contributed by atoms with E-state index >= 15 is 0 Å². The number of pyridine rings is 1. The largest absolute Gasteiger partial charge is 0.335 e. The number of nitrogens with two attached hydrogens (primary N) is 1. The van der Waals surface area contributed by atoms with Crippen LogP contribution in [0.25, 0.3) is 0 Å². The summed E-state index contributed by atoms with van der Waals surface area (Å²) in [5.41, 5.74) is 7.63. The normalized spacial score (nSPS) is 12.0. The molecule has 1 atom stereocenters. The minimum Gasteiger partial charge on any atom is -0.335 e. The number of rotatable bonds is 4. The van der Waals surface area contributed by atoms with Crippen molar-refractivity contribution in [2.24, 2.45) is 5.73 Å². The highest BCUT2D eigenvalue weighted by molar-refractivity contribution is 5.94. The van der Waals surface area contributed by atoms with E-state index in [9.17, 15) is 9.18 Å². The molecular weight excluding hydrogens is 269 g/mol. The van der Waals surface area contributed by atoms with E-state index in [4.69, 9.17) is 5.73 Å². The number of carbonyl (C=O) groups excluding carboxylic acids is 1. The highest BCUT2D eigenvalue weighted by Crippen LogP contribution is 2.21. The molecule has 0 bridgehead atoms. The van der Waals surface area contributed by atoms with Crippen LogP contribution in [0.15, 0.2) is 42.6 Å². The van der Waals surface area contributed by atoms with E-state index < -0.39 is 0 Å². The fraction of sp³-hybridized carbons (Fsp3) is 0.250. The maximum atomic E-state index is 13.0. The van der Waals surface area contributed by atoms with Crippen LogP contribution in [-0.4, -0.2) is 22.8 Å². The van der Waals surface area contributed by atoms with Crippen molar-refractivity contribution in [3.05, 3.63) is 65.2 Å². The number of carbonyl (C=O) groups is 1. The van der Waals surface area contributed by atoms with Crippen LogP contribution in [-0.2, 0) is 6.54 Å². The summed E-state index contributed by atoms with van der Waals surface area (Å²) >= 11 is 0. The van der Waals surface area contributed by atoms with E-state index in [1.165, 1.54) is 12.1 Å². The SMILES string of the molecule is CC(c1ccc(F)cc1)N(C)C(=O)c1ccnc(CN)c1. The number of aromatic nitrogens is 1. The van der Waals surface area contributed by atoms with Gasteiger partial charge in [-0.1, -0.05) is 12.1 Å². The Morgan fingerprint density at radius 3 is 2.62 bits per heavy atom. The molecule has 1 aromatic carbocycles. The molecule has 110 valence electrons. The van der Waals surface area contributed by atoms with Gasteiger partial charge >= 0.3 is 0 Å². The molecule has 4 nitrogen and oxygen atoms in total. The van der Waals surface area contributed by atoms with Crippen LogP contribution in [0.2, 0.25) is 0 Å². The summed E-state index contributed by atoms with van der Waals surface area (Å²) in [6.07, 6.45) is 1.58. The number of hydrogen-bond acceptors (Lipinski definition) is 3. The van der Waals surface area contributed by atoms with Crippen molar-refractivity contribution in [2.45, 2.75) is 19.5 Å². The van der Waals surface area contributed by atoms with Gasteiger partial charge in [-0.25, -0.2) is 4.39 Å². The Balaban J connectivity index is 2.19. The minimum atomic E-state index is -0.290. The van der Waals surface area contributed by atoms with Gasteiger partial charge in [-0.2, -0.15) is 0 Å². The molecule has 2 N–H and O–H groups in total. The number of amides is 1. The van der Waals surface area contributed by atoms with Crippen LogP contribution in [0.3, 0.4) is 0 Å². The molecule has 0 aliphatic heterocycles. The summed E-state index contributed by atoms with van der Waals surface area (Å²) in [7, 11) is 1.72. The molecule has 1 unspecified atom stereocenters. The van der Waals surface area contributed by atoms with Crippen LogP contribution in [0.5, 0.6) is 0 Å².